The first-order valence-electron chi connectivity index (χ1n) is 6.92. The zero-order chi connectivity index (χ0) is 15.8. The van der Waals surface area contributed by atoms with Gasteiger partial charge in [-0.05, 0) is 34.9 Å². The molecule has 114 valence electrons. The number of rotatable bonds is 5. The molecule has 0 radical (unpaired) electrons. The zero-order valence-corrected chi connectivity index (χ0v) is 12.1. The summed E-state index contributed by atoms with van der Waals surface area (Å²) < 4.78 is 13.0. The first kappa shape index (κ1) is 15.7. The van der Waals surface area contributed by atoms with Crippen LogP contribution in [0.1, 0.15) is 16.7 Å². The van der Waals surface area contributed by atoms with Gasteiger partial charge in [0.15, 0.2) is 0 Å². The van der Waals surface area contributed by atoms with Crippen molar-refractivity contribution >= 4 is 12.1 Å². The Kier molecular flexibility index (Phi) is 5.68. The van der Waals surface area contributed by atoms with E-state index in [4.69, 9.17) is 5.73 Å². The normalized spacial score (nSPS) is 10.6. The Morgan fingerprint density at radius 2 is 1.91 bits per heavy atom. The lowest BCUT2D eigenvalue weighted by Crippen LogP contribution is -2.31. The Morgan fingerprint density at radius 1 is 1.14 bits per heavy atom. The topological polar surface area (TPSA) is 67.1 Å². The van der Waals surface area contributed by atoms with E-state index in [1.54, 1.807) is 18.2 Å². The summed E-state index contributed by atoms with van der Waals surface area (Å²) in [7, 11) is 0. The molecule has 2 rings (SSSR count). The average Bonchev–Trinajstić information content (AvgIpc) is 2.53. The highest BCUT2D eigenvalue weighted by molar-refractivity contribution is 5.75. The Bertz CT molecular complexity index is 670. The second kappa shape index (κ2) is 7.95. The fourth-order valence-corrected chi connectivity index (χ4v) is 1.92. The van der Waals surface area contributed by atoms with Gasteiger partial charge in [-0.1, -0.05) is 36.4 Å². The van der Waals surface area contributed by atoms with Crippen molar-refractivity contribution < 1.29 is 9.18 Å². The standard InChI is InChI=1S/C17H18FN3O/c18-16-6-2-3-13(10-16)7-8-20-17(22)21-12-15-5-1-4-14(9-15)11-19/h1-10H,11-12,19H2,(H2,20,21,22)/b8-7+. The highest BCUT2D eigenvalue weighted by Crippen LogP contribution is 2.05. The highest BCUT2D eigenvalue weighted by atomic mass is 19.1. The summed E-state index contributed by atoms with van der Waals surface area (Å²) >= 11 is 0. The number of hydrogen-bond donors (Lipinski definition) is 3. The van der Waals surface area contributed by atoms with Gasteiger partial charge in [-0.2, -0.15) is 0 Å². The summed E-state index contributed by atoms with van der Waals surface area (Å²) in [6.45, 7) is 0.879. The van der Waals surface area contributed by atoms with E-state index in [9.17, 15) is 9.18 Å². The number of amides is 2. The maximum absolute atomic E-state index is 13.0. The third-order valence-electron chi connectivity index (χ3n) is 3.02. The molecule has 2 amide bonds. The summed E-state index contributed by atoms with van der Waals surface area (Å²) in [6.07, 6.45) is 3.10. The number of benzene rings is 2. The lowest BCUT2D eigenvalue weighted by atomic mass is 10.1. The van der Waals surface area contributed by atoms with Gasteiger partial charge in [-0.25, -0.2) is 9.18 Å². The minimum Gasteiger partial charge on any atom is -0.334 e. The lowest BCUT2D eigenvalue weighted by Gasteiger charge is -2.06. The van der Waals surface area contributed by atoms with Gasteiger partial charge in [0.1, 0.15) is 5.82 Å². The third kappa shape index (κ3) is 5.03. The van der Waals surface area contributed by atoms with Crippen LogP contribution in [0.25, 0.3) is 6.08 Å². The third-order valence-corrected chi connectivity index (χ3v) is 3.02. The van der Waals surface area contributed by atoms with Gasteiger partial charge in [0.05, 0.1) is 0 Å². The molecule has 22 heavy (non-hydrogen) atoms. The minimum absolute atomic E-state index is 0.314. The van der Waals surface area contributed by atoms with Crippen LogP contribution < -0.4 is 16.4 Å². The molecular formula is C17H18FN3O. The van der Waals surface area contributed by atoms with Crippen LogP contribution in [0.15, 0.2) is 54.7 Å². The van der Waals surface area contributed by atoms with Gasteiger partial charge in [0.2, 0.25) is 0 Å². The van der Waals surface area contributed by atoms with Crippen molar-refractivity contribution in [1.29, 1.82) is 0 Å². The Balaban J connectivity index is 1.80. The summed E-state index contributed by atoms with van der Waals surface area (Å²) in [4.78, 5) is 11.7. The number of halogens is 1. The van der Waals surface area contributed by atoms with Crippen LogP contribution in [0.5, 0.6) is 0 Å². The SMILES string of the molecule is NCc1cccc(CNC(=O)N/C=C/c2cccc(F)c2)c1. The van der Waals surface area contributed by atoms with Gasteiger partial charge in [-0.3, -0.25) is 0 Å². The second-order valence-corrected chi connectivity index (χ2v) is 4.74. The quantitative estimate of drug-likeness (QED) is 0.794. The largest absolute Gasteiger partial charge is 0.334 e. The molecule has 0 unspecified atom stereocenters. The van der Waals surface area contributed by atoms with Crippen molar-refractivity contribution in [2.45, 2.75) is 13.1 Å². The van der Waals surface area contributed by atoms with Crippen LogP contribution in [0, 0.1) is 5.82 Å². The predicted octanol–water partition coefficient (Wildman–Crippen LogP) is 2.75. The molecular weight excluding hydrogens is 281 g/mol. The molecule has 4 nitrogen and oxygen atoms in total. The molecule has 0 bridgehead atoms. The van der Waals surface area contributed by atoms with Crippen LogP contribution in [0.2, 0.25) is 0 Å². The summed E-state index contributed by atoms with van der Waals surface area (Å²) in [5, 5.41) is 5.30. The number of carbonyl (C=O) groups is 1. The number of nitrogens with one attached hydrogen (secondary N) is 2. The molecule has 0 saturated heterocycles. The second-order valence-electron chi connectivity index (χ2n) is 4.74. The van der Waals surface area contributed by atoms with E-state index in [-0.39, 0.29) is 11.8 Å². The van der Waals surface area contributed by atoms with Gasteiger partial charge in [0.25, 0.3) is 0 Å². The maximum Gasteiger partial charge on any atom is 0.319 e. The number of carbonyl (C=O) groups excluding carboxylic acids is 1. The molecule has 0 aliphatic carbocycles. The average molecular weight is 299 g/mol. The van der Waals surface area contributed by atoms with Gasteiger partial charge < -0.3 is 16.4 Å². The smallest absolute Gasteiger partial charge is 0.319 e. The van der Waals surface area contributed by atoms with E-state index in [0.29, 0.717) is 18.7 Å². The molecule has 2 aromatic carbocycles. The van der Waals surface area contributed by atoms with Crippen molar-refractivity contribution in [1.82, 2.24) is 10.6 Å². The van der Waals surface area contributed by atoms with Crippen molar-refractivity contribution in [3.05, 3.63) is 77.2 Å². The Morgan fingerprint density at radius 3 is 2.68 bits per heavy atom. The van der Waals surface area contributed by atoms with Crippen molar-refractivity contribution in [3.8, 4) is 0 Å². The van der Waals surface area contributed by atoms with Crippen molar-refractivity contribution in [3.63, 3.8) is 0 Å². The van der Waals surface area contributed by atoms with Gasteiger partial charge >= 0.3 is 6.03 Å². The number of hydrogen-bond acceptors (Lipinski definition) is 2. The Hall–Kier alpha value is -2.66. The van der Waals surface area contributed by atoms with E-state index in [0.717, 1.165) is 11.1 Å². The van der Waals surface area contributed by atoms with E-state index >= 15 is 0 Å². The van der Waals surface area contributed by atoms with Crippen LogP contribution in [0.3, 0.4) is 0 Å². The molecule has 4 N–H and O–H groups in total. The molecule has 2 aromatic rings. The van der Waals surface area contributed by atoms with E-state index in [1.807, 2.05) is 24.3 Å². The first-order chi connectivity index (χ1) is 10.7. The summed E-state index contributed by atoms with van der Waals surface area (Å²) in [5.74, 6) is -0.314. The predicted molar refractivity (Wildman–Crippen MR) is 85.1 cm³/mol. The van der Waals surface area contributed by atoms with Gasteiger partial charge in [-0.15, -0.1) is 0 Å². The number of urea groups is 1. The molecule has 0 heterocycles. The van der Waals surface area contributed by atoms with E-state index in [2.05, 4.69) is 10.6 Å². The van der Waals surface area contributed by atoms with Crippen LogP contribution in [-0.4, -0.2) is 6.03 Å². The molecule has 0 aromatic heterocycles. The lowest BCUT2D eigenvalue weighted by molar-refractivity contribution is 0.244. The van der Waals surface area contributed by atoms with Crippen molar-refractivity contribution in [2.75, 3.05) is 0 Å². The Labute approximate surface area is 128 Å². The van der Waals surface area contributed by atoms with Crippen LogP contribution in [-0.2, 0) is 13.1 Å². The highest BCUT2D eigenvalue weighted by Gasteiger charge is 1.99. The van der Waals surface area contributed by atoms with E-state index < -0.39 is 0 Å². The molecule has 0 fully saturated rings. The molecule has 0 aliphatic rings. The fourth-order valence-electron chi connectivity index (χ4n) is 1.92. The molecule has 0 spiro atoms. The van der Waals surface area contributed by atoms with E-state index in [1.165, 1.54) is 18.3 Å². The molecule has 5 heteroatoms. The fraction of sp³-hybridized carbons (Fsp3) is 0.118. The van der Waals surface area contributed by atoms with Crippen molar-refractivity contribution in [2.24, 2.45) is 5.73 Å². The minimum atomic E-state index is -0.328. The van der Waals surface area contributed by atoms with Crippen LogP contribution >= 0.6 is 0 Å². The van der Waals surface area contributed by atoms with Gasteiger partial charge in [0, 0.05) is 19.3 Å². The summed E-state index contributed by atoms with van der Waals surface area (Å²) in [5.41, 5.74) is 8.25. The molecule has 0 atom stereocenters. The molecule has 0 aliphatic heterocycles. The monoisotopic (exact) mass is 299 g/mol. The summed E-state index contributed by atoms with van der Waals surface area (Å²) in [6, 6.07) is 13.5. The zero-order valence-electron chi connectivity index (χ0n) is 12.1. The van der Waals surface area contributed by atoms with Crippen LogP contribution in [0.4, 0.5) is 9.18 Å². The first-order valence-corrected chi connectivity index (χ1v) is 6.92. The number of nitrogens with two attached hydrogens (primary N) is 1. The molecule has 0 saturated carbocycles. The maximum atomic E-state index is 13.0.